The molecule has 13 heavy (non-hydrogen) atoms. The highest BCUT2D eigenvalue weighted by Crippen LogP contribution is 2.09. The summed E-state index contributed by atoms with van der Waals surface area (Å²) in [7, 11) is 3.04. The van der Waals surface area contributed by atoms with E-state index in [9.17, 15) is 4.79 Å². The van der Waals surface area contributed by atoms with E-state index in [1.807, 2.05) is 0 Å². The van der Waals surface area contributed by atoms with Crippen LogP contribution < -0.4 is 0 Å². The van der Waals surface area contributed by atoms with Gasteiger partial charge in [-0.2, -0.15) is 5.10 Å². The van der Waals surface area contributed by atoms with Gasteiger partial charge in [0, 0.05) is 20.1 Å². The molecule has 1 aromatic heterocycles. The van der Waals surface area contributed by atoms with Crippen molar-refractivity contribution in [3.63, 3.8) is 0 Å². The number of esters is 1. The number of nitrogens with zero attached hydrogens (tertiary/aromatic N) is 2. The summed E-state index contributed by atoms with van der Waals surface area (Å²) in [6, 6.07) is 0. The molecule has 72 valence electrons. The molecule has 5 heteroatoms. The highest BCUT2D eigenvalue weighted by molar-refractivity contribution is 5.90. The number of aliphatic hydroxyl groups is 1. The molecule has 0 aromatic carbocycles. The minimum atomic E-state index is -0.420. The van der Waals surface area contributed by atoms with Gasteiger partial charge in [0.15, 0.2) is 0 Å². The van der Waals surface area contributed by atoms with Crippen molar-refractivity contribution in [3.05, 3.63) is 17.5 Å². The quantitative estimate of drug-likeness (QED) is 0.657. The average Bonchev–Trinajstić information content (AvgIpc) is 2.48. The number of aromatic nitrogens is 2. The maximum atomic E-state index is 11.2. The summed E-state index contributed by atoms with van der Waals surface area (Å²) in [6.45, 7) is -0.0104. The maximum absolute atomic E-state index is 11.2. The molecule has 0 radical (unpaired) electrons. The highest BCUT2D eigenvalue weighted by Gasteiger charge is 2.15. The van der Waals surface area contributed by atoms with Gasteiger partial charge in [-0.1, -0.05) is 0 Å². The van der Waals surface area contributed by atoms with Crippen LogP contribution >= 0.6 is 0 Å². The monoisotopic (exact) mass is 184 g/mol. The van der Waals surface area contributed by atoms with Crippen LogP contribution in [0.15, 0.2) is 6.20 Å². The van der Waals surface area contributed by atoms with E-state index in [0.29, 0.717) is 17.7 Å². The van der Waals surface area contributed by atoms with Crippen LogP contribution in [0.1, 0.15) is 16.1 Å². The summed E-state index contributed by atoms with van der Waals surface area (Å²) >= 11 is 0. The van der Waals surface area contributed by atoms with Gasteiger partial charge in [0.25, 0.3) is 0 Å². The first-order valence-corrected chi connectivity index (χ1v) is 3.90. The first-order chi connectivity index (χ1) is 6.20. The lowest BCUT2D eigenvalue weighted by atomic mass is 10.2. The number of methoxy groups -OCH3 is 1. The summed E-state index contributed by atoms with van der Waals surface area (Å²) in [5.74, 6) is -0.420. The maximum Gasteiger partial charge on any atom is 0.341 e. The van der Waals surface area contributed by atoms with Crippen LogP contribution in [0, 0.1) is 0 Å². The Bertz CT molecular complexity index is 306. The summed E-state index contributed by atoms with van der Waals surface area (Å²) in [4.78, 5) is 11.2. The smallest absolute Gasteiger partial charge is 0.341 e. The summed E-state index contributed by atoms with van der Waals surface area (Å²) in [5, 5.41) is 12.7. The number of aryl methyl sites for hydroxylation is 1. The first-order valence-electron chi connectivity index (χ1n) is 3.90. The predicted octanol–water partition coefficient (Wildman–Crippen LogP) is -0.258. The lowest BCUT2D eigenvalue weighted by Crippen LogP contribution is -2.08. The standard InChI is InChI=1S/C8H12N2O3/c1-10-7(3-4-11)6(5-9-10)8(12)13-2/h5,11H,3-4H2,1-2H3. The molecule has 0 saturated heterocycles. The summed E-state index contributed by atoms with van der Waals surface area (Å²) < 4.78 is 6.12. The summed E-state index contributed by atoms with van der Waals surface area (Å²) in [5.41, 5.74) is 1.11. The molecule has 0 fully saturated rings. The Hall–Kier alpha value is -1.36. The first kappa shape index (κ1) is 9.73. The number of ether oxygens (including phenoxy) is 1. The lowest BCUT2D eigenvalue weighted by molar-refractivity contribution is 0.0599. The van der Waals surface area contributed by atoms with Crippen LogP contribution in [-0.2, 0) is 18.2 Å². The zero-order chi connectivity index (χ0) is 9.84. The Morgan fingerprint density at radius 1 is 1.77 bits per heavy atom. The van der Waals surface area contributed by atoms with E-state index in [2.05, 4.69) is 9.84 Å². The van der Waals surface area contributed by atoms with Gasteiger partial charge >= 0.3 is 5.97 Å². The second-order valence-corrected chi connectivity index (χ2v) is 2.59. The average molecular weight is 184 g/mol. The van der Waals surface area contributed by atoms with Crippen LogP contribution in [0.2, 0.25) is 0 Å². The molecule has 1 aromatic rings. The van der Waals surface area contributed by atoms with Crippen molar-refractivity contribution in [1.29, 1.82) is 0 Å². The van der Waals surface area contributed by atoms with Gasteiger partial charge in [-0.25, -0.2) is 4.79 Å². The van der Waals surface area contributed by atoms with Gasteiger partial charge in [0.1, 0.15) is 5.56 Å². The second-order valence-electron chi connectivity index (χ2n) is 2.59. The molecule has 1 N–H and O–H groups in total. The molecule has 0 saturated carbocycles. The zero-order valence-electron chi connectivity index (χ0n) is 7.65. The third-order valence-electron chi connectivity index (χ3n) is 1.82. The van der Waals surface area contributed by atoms with Crippen molar-refractivity contribution in [2.24, 2.45) is 7.05 Å². The normalized spacial score (nSPS) is 10.1. The number of aliphatic hydroxyl groups excluding tert-OH is 1. The Morgan fingerprint density at radius 2 is 2.46 bits per heavy atom. The number of hydrogen-bond donors (Lipinski definition) is 1. The van der Waals surface area contributed by atoms with Crippen LogP contribution in [-0.4, -0.2) is 34.6 Å². The van der Waals surface area contributed by atoms with E-state index in [0.717, 1.165) is 0 Å². The number of carbonyl (C=O) groups excluding carboxylic acids is 1. The molecule has 0 aliphatic rings. The molecule has 0 bridgehead atoms. The fraction of sp³-hybridized carbons (Fsp3) is 0.500. The Balaban J connectivity index is 2.99. The minimum Gasteiger partial charge on any atom is -0.465 e. The SMILES string of the molecule is COC(=O)c1cnn(C)c1CCO. The van der Waals surface area contributed by atoms with Crippen molar-refractivity contribution in [1.82, 2.24) is 9.78 Å². The van der Waals surface area contributed by atoms with E-state index < -0.39 is 5.97 Å². The second kappa shape index (κ2) is 4.04. The predicted molar refractivity (Wildman–Crippen MR) is 45.3 cm³/mol. The lowest BCUT2D eigenvalue weighted by Gasteiger charge is -2.01. The molecule has 5 nitrogen and oxygen atoms in total. The van der Waals surface area contributed by atoms with E-state index in [1.165, 1.54) is 13.3 Å². The Morgan fingerprint density at radius 3 is 3.00 bits per heavy atom. The Labute approximate surface area is 75.9 Å². The minimum absolute atomic E-state index is 0.0104. The van der Waals surface area contributed by atoms with Crippen LogP contribution in [0.5, 0.6) is 0 Å². The molecular weight excluding hydrogens is 172 g/mol. The van der Waals surface area contributed by atoms with Crippen molar-refractivity contribution >= 4 is 5.97 Å². The number of carbonyl (C=O) groups is 1. The topological polar surface area (TPSA) is 64.3 Å². The summed E-state index contributed by atoms with van der Waals surface area (Å²) in [6.07, 6.45) is 1.84. The van der Waals surface area contributed by atoms with Gasteiger partial charge in [0.2, 0.25) is 0 Å². The molecular formula is C8H12N2O3. The van der Waals surface area contributed by atoms with Gasteiger partial charge < -0.3 is 9.84 Å². The third kappa shape index (κ3) is 1.86. The van der Waals surface area contributed by atoms with Gasteiger partial charge in [-0.15, -0.1) is 0 Å². The molecule has 1 heterocycles. The van der Waals surface area contributed by atoms with E-state index in [1.54, 1.807) is 11.7 Å². The fourth-order valence-corrected chi connectivity index (χ4v) is 1.15. The molecule has 1 rings (SSSR count). The molecule has 0 unspecified atom stereocenters. The van der Waals surface area contributed by atoms with Crippen LogP contribution in [0.4, 0.5) is 0 Å². The van der Waals surface area contributed by atoms with Crippen molar-refractivity contribution in [3.8, 4) is 0 Å². The van der Waals surface area contributed by atoms with Crippen LogP contribution in [0.3, 0.4) is 0 Å². The van der Waals surface area contributed by atoms with Crippen molar-refractivity contribution < 1.29 is 14.6 Å². The van der Waals surface area contributed by atoms with Gasteiger partial charge in [-0.3, -0.25) is 4.68 Å². The molecule has 0 atom stereocenters. The largest absolute Gasteiger partial charge is 0.465 e. The van der Waals surface area contributed by atoms with Crippen molar-refractivity contribution in [2.45, 2.75) is 6.42 Å². The molecule has 0 aliphatic carbocycles. The Kier molecular flexibility index (Phi) is 3.02. The third-order valence-corrected chi connectivity index (χ3v) is 1.82. The molecule has 0 amide bonds. The highest BCUT2D eigenvalue weighted by atomic mass is 16.5. The molecule has 0 spiro atoms. The zero-order valence-corrected chi connectivity index (χ0v) is 7.65. The van der Waals surface area contributed by atoms with Gasteiger partial charge in [-0.05, 0) is 0 Å². The van der Waals surface area contributed by atoms with E-state index in [-0.39, 0.29) is 6.61 Å². The fourth-order valence-electron chi connectivity index (χ4n) is 1.15. The van der Waals surface area contributed by atoms with Gasteiger partial charge in [0.05, 0.1) is 19.0 Å². The number of hydrogen-bond acceptors (Lipinski definition) is 4. The number of rotatable bonds is 3. The van der Waals surface area contributed by atoms with E-state index in [4.69, 9.17) is 5.11 Å². The van der Waals surface area contributed by atoms with Crippen LogP contribution in [0.25, 0.3) is 0 Å². The van der Waals surface area contributed by atoms with E-state index >= 15 is 0 Å². The molecule has 0 aliphatic heterocycles. The van der Waals surface area contributed by atoms with Crippen molar-refractivity contribution in [2.75, 3.05) is 13.7 Å².